The summed E-state index contributed by atoms with van der Waals surface area (Å²) >= 11 is 0. The fourth-order valence-corrected chi connectivity index (χ4v) is 3.22. The molecule has 2 atom stereocenters. The van der Waals surface area contributed by atoms with E-state index in [9.17, 15) is 19.2 Å². The first-order valence-corrected chi connectivity index (χ1v) is 10.2. The molecule has 1 saturated heterocycles. The summed E-state index contributed by atoms with van der Waals surface area (Å²) < 4.78 is 10.1. The molecule has 9 heteroatoms. The third-order valence-corrected chi connectivity index (χ3v) is 4.99. The molecule has 9 nitrogen and oxygen atoms in total. The molecule has 3 N–H and O–H groups in total. The van der Waals surface area contributed by atoms with Crippen LogP contribution in [0.15, 0.2) is 54.6 Å². The first-order valence-electron chi connectivity index (χ1n) is 10.2. The van der Waals surface area contributed by atoms with E-state index in [0.29, 0.717) is 5.75 Å². The molecule has 3 rings (SSSR count). The fraction of sp³-hybridized carbons (Fsp3) is 0.304. The maximum atomic E-state index is 12.2. The highest BCUT2D eigenvalue weighted by atomic mass is 16.5. The van der Waals surface area contributed by atoms with Crippen molar-refractivity contribution in [1.82, 2.24) is 16.0 Å². The Hall–Kier alpha value is -3.88. The first-order chi connectivity index (χ1) is 15.4. The third-order valence-electron chi connectivity index (χ3n) is 4.99. The standard InChI is InChI=1S/C23H25N3O6/c1-31-17-9-7-16(8-10-17)14-32-23(30)26-19(27)12-11-18-21(22(29)24-18)25-20(28)13-15-5-3-2-4-6-15/h2-10,18,21H,11-14H2,1H3,(H,24,29)(H,25,28)(H,26,27,30)/t18-,21+/m1/s1. The van der Waals surface area contributed by atoms with Gasteiger partial charge in [-0.25, -0.2) is 4.79 Å². The second-order valence-corrected chi connectivity index (χ2v) is 7.33. The van der Waals surface area contributed by atoms with Gasteiger partial charge in [0.1, 0.15) is 18.4 Å². The third kappa shape index (κ3) is 6.56. The molecule has 4 amide bonds. The topological polar surface area (TPSA) is 123 Å². The lowest BCUT2D eigenvalue weighted by Gasteiger charge is -2.37. The number of benzene rings is 2. The minimum absolute atomic E-state index is 0.00631. The fourth-order valence-electron chi connectivity index (χ4n) is 3.22. The summed E-state index contributed by atoms with van der Waals surface area (Å²) in [6.45, 7) is 0.0112. The van der Waals surface area contributed by atoms with E-state index in [-0.39, 0.29) is 43.7 Å². The molecule has 32 heavy (non-hydrogen) atoms. The van der Waals surface area contributed by atoms with E-state index in [1.165, 1.54) is 0 Å². The zero-order valence-corrected chi connectivity index (χ0v) is 17.6. The van der Waals surface area contributed by atoms with Crippen LogP contribution >= 0.6 is 0 Å². The van der Waals surface area contributed by atoms with Gasteiger partial charge in [0.15, 0.2) is 0 Å². The number of amides is 4. The molecule has 0 saturated carbocycles. The predicted molar refractivity (Wildman–Crippen MR) is 115 cm³/mol. The number of β-lactam (4-membered cyclic amide) rings is 1. The molecule has 0 unspecified atom stereocenters. The van der Waals surface area contributed by atoms with Crippen molar-refractivity contribution in [2.75, 3.05) is 7.11 Å². The van der Waals surface area contributed by atoms with E-state index in [0.717, 1.165) is 11.1 Å². The number of hydrogen-bond acceptors (Lipinski definition) is 6. The Bertz CT molecular complexity index is 961. The number of rotatable bonds is 9. The van der Waals surface area contributed by atoms with Gasteiger partial charge >= 0.3 is 6.09 Å². The molecule has 1 aliphatic heterocycles. The van der Waals surface area contributed by atoms with Gasteiger partial charge in [0.05, 0.1) is 19.6 Å². The van der Waals surface area contributed by atoms with Crippen LogP contribution in [-0.4, -0.2) is 43.0 Å². The van der Waals surface area contributed by atoms with Gasteiger partial charge in [-0.1, -0.05) is 42.5 Å². The summed E-state index contributed by atoms with van der Waals surface area (Å²) in [5.41, 5.74) is 1.59. The Kier molecular flexibility index (Phi) is 7.80. The van der Waals surface area contributed by atoms with Crippen molar-refractivity contribution in [2.45, 2.75) is 38.0 Å². The summed E-state index contributed by atoms with van der Waals surface area (Å²) in [7, 11) is 1.56. The summed E-state index contributed by atoms with van der Waals surface area (Å²) in [5, 5.41) is 7.51. The quantitative estimate of drug-likeness (QED) is 0.509. The lowest BCUT2D eigenvalue weighted by Crippen LogP contribution is -2.69. The van der Waals surface area contributed by atoms with Crippen LogP contribution in [-0.2, 0) is 32.1 Å². The SMILES string of the molecule is COc1ccc(COC(=O)NC(=O)CC[C@H]2NC(=O)[C@H]2NC(=O)Cc2ccccc2)cc1. The molecular formula is C23H25N3O6. The maximum Gasteiger partial charge on any atom is 0.414 e. The molecular weight excluding hydrogens is 414 g/mol. The molecule has 1 fully saturated rings. The highest BCUT2D eigenvalue weighted by Crippen LogP contribution is 2.14. The van der Waals surface area contributed by atoms with E-state index < -0.39 is 18.0 Å². The molecule has 1 aliphatic rings. The van der Waals surface area contributed by atoms with Gasteiger partial charge in [-0.2, -0.15) is 0 Å². The highest BCUT2D eigenvalue weighted by molar-refractivity contribution is 5.94. The molecule has 1 heterocycles. The van der Waals surface area contributed by atoms with E-state index in [4.69, 9.17) is 9.47 Å². The van der Waals surface area contributed by atoms with Crippen molar-refractivity contribution in [3.8, 4) is 5.75 Å². The van der Waals surface area contributed by atoms with Gasteiger partial charge in [0.2, 0.25) is 17.7 Å². The molecule has 2 aromatic carbocycles. The Labute approximate surface area is 185 Å². The number of ether oxygens (including phenoxy) is 2. The first kappa shape index (κ1) is 22.8. The number of alkyl carbamates (subject to hydrolysis) is 1. The lowest BCUT2D eigenvalue weighted by molar-refractivity contribution is -0.136. The van der Waals surface area contributed by atoms with Crippen LogP contribution in [0.3, 0.4) is 0 Å². The zero-order valence-electron chi connectivity index (χ0n) is 17.6. The van der Waals surface area contributed by atoms with Crippen molar-refractivity contribution in [2.24, 2.45) is 0 Å². The number of carbonyl (C=O) groups is 4. The van der Waals surface area contributed by atoms with Gasteiger partial charge in [0.25, 0.3) is 0 Å². The molecule has 0 aromatic heterocycles. The zero-order chi connectivity index (χ0) is 22.9. The molecule has 0 radical (unpaired) electrons. The van der Waals surface area contributed by atoms with Crippen LogP contribution in [0.25, 0.3) is 0 Å². The van der Waals surface area contributed by atoms with Gasteiger partial charge in [-0.3, -0.25) is 19.7 Å². The molecule has 0 spiro atoms. The van der Waals surface area contributed by atoms with E-state index in [2.05, 4.69) is 16.0 Å². The van der Waals surface area contributed by atoms with Crippen LogP contribution in [0.2, 0.25) is 0 Å². The van der Waals surface area contributed by atoms with Crippen molar-refractivity contribution in [3.63, 3.8) is 0 Å². The highest BCUT2D eigenvalue weighted by Gasteiger charge is 2.40. The molecule has 2 aromatic rings. The number of hydrogen-bond donors (Lipinski definition) is 3. The average molecular weight is 439 g/mol. The van der Waals surface area contributed by atoms with Gasteiger partial charge in [0, 0.05) is 6.42 Å². The van der Waals surface area contributed by atoms with Crippen molar-refractivity contribution < 1.29 is 28.7 Å². The molecule has 168 valence electrons. The summed E-state index contributed by atoms with van der Waals surface area (Å²) in [6.07, 6.45) is -0.415. The number of nitrogens with one attached hydrogen (secondary N) is 3. The van der Waals surface area contributed by atoms with Crippen molar-refractivity contribution in [1.29, 1.82) is 0 Å². The van der Waals surface area contributed by atoms with Crippen molar-refractivity contribution in [3.05, 3.63) is 65.7 Å². The molecule has 0 aliphatic carbocycles. The number of carbonyl (C=O) groups excluding carboxylic acids is 4. The second kappa shape index (κ2) is 10.9. The summed E-state index contributed by atoms with van der Waals surface area (Å²) in [5.74, 6) is -0.408. The lowest BCUT2D eigenvalue weighted by atomic mass is 9.94. The minimum atomic E-state index is -0.851. The van der Waals surface area contributed by atoms with E-state index >= 15 is 0 Å². The van der Waals surface area contributed by atoms with Crippen molar-refractivity contribution >= 4 is 23.8 Å². The Balaban J connectivity index is 1.36. The molecule has 0 bridgehead atoms. The smallest absolute Gasteiger partial charge is 0.414 e. The van der Waals surface area contributed by atoms with Crippen LogP contribution in [0.5, 0.6) is 5.75 Å². The summed E-state index contributed by atoms with van der Waals surface area (Å²) in [6, 6.07) is 15.1. The average Bonchev–Trinajstić information content (AvgIpc) is 2.79. The number of imide groups is 1. The Morgan fingerprint density at radius 3 is 2.34 bits per heavy atom. The van der Waals surface area contributed by atoms with Gasteiger partial charge < -0.3 is 20.1 Å². The van der Waals surface area contributed by atoms with Crippen LogP contribution < -0.4 is 20.7 Å². The largest absolute Gasteiger partial charge is 0.497 e. The van der Waals surface area contributed by atoms with Gasteiger partial charge in [-0.05, 0) is 29.7 Å². The summed E-state index contributed by atoms with van der Waals surface area (Å²) in [4.78, 5) is 47.8. The van der Waals surface area contributed by atoms with Crippen LogP contribution in [0.1, 0.15) is 24.0 Å². The Morgan fingerprint density at radius 1 is 0.969 bits per heavy atom. The minimum Gasteiger partial charge on any atom is -0.497 e. The number of methoxy groups -OCH3 is 1. The maximum absolute atomic E-state index is 12.2. The predicted octanol–water partition coefficient (Wildman–Crippen LogP) is 1.45. The normalized spacial score (nSPS) is 16.8. The van der Waals surface area contributed by atoms with Crippen LogP contribution in [0.4, 0.5) is 4.79 Å². The second-order valence-electron chi connectivity index (χ2n) is 7.33. The Morgan fingerprint density at radius 2 is 1.69 bits per heavy atom. The van der Waals surface area contributed by atoms with E-state index in [1.807, 2.05) is 30.3 Å². The van der Waals surface area contributed by atoms with Crippen LogP contribution in [0, 0.1) is 0 Å². The monoisotopic (exact) mass is 439 g/mol. The van der Waals surface area contributed by atoms with E-state index in [1.54, 1.807) is 31.4 Å². The van der Waals surface area contributed by atoms with Gasteiger partial charge in [-0.15, -0.1) is 0 Å².